The van der Waals surface area contributed by atoms with Gasteiger partial charge in [-0.05, 0) is 31.6 Å². The van der Waals surface area contributed by atoms with E-state index in [1.165, 1.54) is 19.3 Å². The van der Waals surface area contributed by atoms with Crippen LogP contribution in [0.3, 0.4) is 0 Å². The first-order valence-corrected chi connectivity index (χ1v) is 5.97. The SMILES string of the molecule is CCCC(C)(N)C(=O)NCC1(C)CCC1.Cl. The van der Waals surface area contributed by atoms with Crippen LogP contribution in [0.2, 0.25) is 0 Å². The number of hydrogen-bond acceptors (Lipinski definition) is 2. The van der Waals surface area contributed by atoms with E-state index < -0.39 is 5.54 Å². The second-order valence-electron chi connectivity index (χ2n) is 5.51. The van der Waals surface area contributed by atoms with Crippen molar-refractivity contribution in [2.24, 2.45) is 11.1 Å². The first-order chi connectivity index (χ1) is 6.90. The van der Waals surface area contributed by atoms with Crippen LogP contribution in [0.4, 0.5) is 0 Å². The summed E-state index contributed by atoms with van der Waals surface area (Å²) in [5.74, 6) is -0.00234. The second kappa shape index (κ2) is 5.87. The predicted molar refractivity (Wildman–Crippen MR) is 69.7 cm³/mol. The number of amides is 1. The van der Waals surface area contributed by atoms with Gasteiger partial charge in [0.2, 0.25) is 5.91 Å². The van der Waals surface area contributed by atoms with E-state index in [1.807, 2.05) is 13.8 Å². The molecule has 96 valence electrons. The van der Waals surface area contributed by atoms with Crippen LogP contribution >= 0.6 is 12.4 Å². The maximum absolute atomic E-state index is 11.8. The third-order valence-corrected chi connectivity index (χ3v) is 3.52. The molecule has 1 atom stereocenters. The van der Waals surface area contributed by atoms with E-state index in [-0.39, 0.29) is 18.3 Å². The Balaban J connectivity index is 0.00000225. The van der Waals surface area contributed by atoms with Crippen molar-refractivity contribution in [2.75, 3.05) is 6.54 Å². The zero-order valence-electron chi connectivity index (χ0n) is 10.6. The number of carbonyl (C=O) groups excluding carboxylic acids is 1. The first kappa shape index (κ1) is 15.7. The van der Waals surface area contributed by atoms with Crippen molar-refractivity contribution in [3.05, 3.63) is 0 Å². The summed E-state index contributed by atoms with van der Waals surface area (Å²) < 4.78 is 0. The smallest absolute Gasteiger partial charge is 0.239 e. The molecule has 1 fully saturated rings. The minimum absolute atomic E-state index is 0. The molecule has 0 spiro atoms. The number of hydrogen-bond donors (Lipinski definition) is 2. The van der Waals surface area contributed by atoms with E-state index in [9.17, 15) is 4.79 Å². The summed E-state index contributed by atoms with van der Waals surface area (Å²) in [6.07, 6.45) is 5.43. The van der Waals surface area contributed by atoms with Crippen molar-refractivity contribution in [2.45, 2.75) is 58.4 Å². The summed E-state index contributed by atoms with van der Waals surface area (Å²) in [4.78, 5) is 11.8. The van der Waals surface area contributed by atoms with E-state index in [2.05, 4.69) is 12.2 Å². The third-order valence-electron chi connectivity index (χ3n) is 3.52. The molecule has 0 aromatic heterocycles. The second-order valence-corrected chi connectivity index (χ2v) is 5.51. The summed E-state index contributed by atoms with van der Waals surface area (Å²) in [7, 11) is 0. The Kier molecular flexibility index (Phi) is 5.77. The zero-order chi connectivity index (χ0) is 11.5. The molecule has 4 heteroatoms. The Morgan fingerprint density at radius 1 is 1.50 bits per heavy atom. The summed E-state index contributed by atoms with van der Waals surface area (Å²) in [6, 6.07) is 0. The number of nitrogens with two attached hydrogens (primary N) is 1. The van der Waals surface area contributed by atoms with Crippen LogP contribution in [0.25, 0.3) is 0 Å². The number of carbonyl (C=O) groups is 1. The van der Waals surface area contributed by atoms with Crippen LogP contribution in [0, 0.1) is 5.41 Å². The molecule has 0 aliphatic heterocycles. The van der Waals surface area contributed by atoms with Gasteiger partial charge in [0.25, 0.3) is 0 Å². The van der Waals surface area contributed by atoms with Crippen molar-refractivity contribution in [3.8, 4) is 0 Å². The van der Waals surface area contributed by atoms with Crippen LogP contribution in [-0.2, 0) is 4.79 Å². The third kappa shape index (κ3) is 3.95. The lowest BCUT2D eigenvalue weighted by atomic mass is 9.70. The molecule has 0 radical (unpaired) electrons. The van der Waals surface area contributed by atoms with Gasteiger partial charge >= 0.3 is 0 Å². The van der Waals surface area contributed by atoms with Crippen LogP contribution in [0.15, 0.2) is 0 Å². The molecule has 0 saturated heterocycles. The van der Waals surface area contributed by atoms with Crippen molar-refractivity contribution < 1.29 is 4.79 Å². The molecule has 1 saturated carbocycles. The number of halogens is 1. The van der Waals surface area contributed by atoms with Crippen LogP contribution < -0.4 is 11.1 Å². The van der Waals surface area contributed by atoms with Gasteiger partial charge in [-0.3, -0.25) is 4.79 Å². The lowest BCUT2D eigenvalue weighted by molar-refractivity contribution is -0.126. The Hall–Kier alpha value is -0.280. The van der Waals surface area contributed by atoms with Gasteiger partial charge in [-0.1, -0.05) is 26.7 Å². The minimum atomic E-state index is -0.700. The molecule has 0 aromatic rings. The molecule has 3 nitrogen and oxygen atoms in total. The number of rotatable bonds is 5. The fourth-order valence-electron chi connectivity index (χ4n) is 2.09. The normalized spacial score (nSPS) is 21.2. The summed E-state index contributed by atoms with van der Waals surface area (Å²) >= 11 is 0. The van der Waals surface area contributed by atoms with Gasteiger partial charge in [-0.25, -0.2) is 0 Å². The summed E-state index contributed by atoms with van der Waals surface area (Å²) in [5, 5.41) is 2.99. The van der Waals surface area contributed by atoms with Crippen molar-refractivity contribution in [1.82, 2.24) is 5.32 Å². The zero-order valence-corrected chi connectivity index (χ0v) is 11.5. The maximum atomic E-state index is 11.8. The number of nitrogens with one attached hydrogen (secondary N) is 1. The minimum Gasteiger partial charge on any atom is -0.354 e. The van der Waals surface area contributed by atoms with Crippen LogP contribution in [0.1, 0.15) is 52.9 Å². The van der Waals surface area contributed by atoms with Gasteiger partial charge in [-0.2, -0.15) is 0 Å². The van der Waals surface area contributed by atoms with E-state index in [0.29, 0.717) is 5.41 Å². The van der Waals surface area contributed by atoms with Gasteiger partial charge in [0, 0.05) is 6.54 Å². The quantitative estimate of drug-likeness (QED) is 0.784. The average molecular weight is 249 g/mol. The predicted octanol–water partition coefficient (Wildman–Crippen LogP) is 2.23. The lowest BCUT2D eigenvalue weighted by Crippen LogP contribution is -2.54. The largest absolute Gasteiger partial charge is 0.354 e. The molecule has 1 amide bonds. The molecule has 1 unspecified atom stereocenters. The van der Waals surface area contributed by atoms with Gasteiger partial charge in [-0.15, -0.1) is 12.4 Å². The molecule has 16 heavy (non-hydrogen) atoms. The van der Waals surface area contributed by atoms with Crippen molar-refractivity contribution >= 4 is 18.3 Å². The van der Waals surface area contributed by atoms with Crippen molar-refractivity contribution in [3.63, 3.8) is 0 Å². The summed E-state index contributed by atoms with van der Waals surface area (Å²) in [5.41, 5.74) is 5.58. The van der Waals surface area contributed by atoms with Crippen LogP contribution in [0.5, 0.6) is 0 Å². The molecule has 1 rings (SSSR count). The highest BCUT2D eigenvalue weighted by Crippen LogP contribution is 2.39. The average Bonchev–Trinajstić information content (AvgIpc) is 2.11. The standard InChI is InChI=1S/C12H24N2O.ClH/c1-4-6-12(3,13)10(15)14-9-11(2)7-5-8-11;/h4-9,13H2,1-3H3,(H,14,15);1H. The van der Waals surface area contributed by atoms with E-state index in [1.54, 1.807) is 0 Å². The van der Waals surface area contributed by atoms with Crippen LogP contribution in [-0.4, -0.2) is 18.0 Å². The molecule has 0 heterocycles. The Bertz CT molecular complexity index is 237. The van der Waals surface area contributed by atoms with E-state index >= 15 is 0 Å². The molecule has 1 aliphatic rings. The fraction of sp³-hybridized carbons (Fsp3) is 0.917. The highest BCUT2D eigenvalue weighted by atomic mass is 35.5. The Morgan fingerprint density at radius 3 is 2.44 bits per heavy atom. The van der Waals surface area contributed by atoms with Gasteiger partial charge in [0.05, 0.1) is 5.54 Å². The van der Waals surface area contributed by atoms with Gasteiger partial charge in [0.15, 0.2) is 0 Å². The topological polar surface area (TPSA) is 55.1 Å². The summed E-state index contributed by atoms with van der Waals surface area (Å²) in [6.45, 7) is 6.87. The molecule has 0 aromatic carbocycles. The van der Waals surface area contributed by atoms with E-state index in [4.69, 9.17) is 5.73 Å². The molecule has 0 bridgehead atoms. The molecule has 3 N–H and O–H groups in total. The van der Waals surface area contributed by atoms with Crippen molar-refractivity contribution in [1.29, 1.82) is 0 Å². The highest BCUT2D eigenvalue weighted by molar-refractivity contribution is 5.85. The first-order valence-electron chi connectivity index (χ1n) is 5.97. The Morgan fingerprint density at radius 2 is 2.06 bits per heavy atom. The molecular formula is C12H25ClN2O. The maximum Gasteiger partial charge on any atom is 0.239 e. The Labute approximate surface area is 105 Å². The van der Waals surface area contributed by atoms with Gasteiger partial charge in [0.1, 0.15) is 0 Å². The molecular weight excluding hydrogens is 224 g/mol. The highest BCUT2D eigenvalue weighted by Gasteiger charge is 2.34. The fourth-order valence-corrected chi connectivity index (χ4v) is 2.09. The molecule has 1 aliphatic carbocycles. The van der Waals surface area contributed by atoms with Gasteiger partial charge < -0.3 is 11.1 Å². The van der Waals surface area contributed by atoms with E-state index in [0.717, 1.165) is 19.4 Å². The lowest BCUT2D eigenvalue weighted by Gasteiger charge is -2.39. The monoisotopic (exact) mass is 248 g/mol.